The van der Waals surface area contributed by atoms with Crippen molar-refractivity contribution in [1.82, 2.24) is 15.1 Å². The van der Waals surface area contributed by atoms with E-state index in [0.29, 0.717) is 0 Å². The molecule has 0 radical (unpaired) electrons. The van der Waals surface area contributed by atoms with E-state index in [1.54, 1.807) is 0 Å². The third kappa shape index (κ3) is 3.12. The third-order valence-electron chi connectivity index (χ3n) is 3.71. The predicted octanol–water partition coefficient (Wildman–Crippen LogP) is 0.961. The normalized spacial score (nSPS) is 18.5. The fourth-order valence-electron chi connectivity index (χ4n) is 2.60. The largest absolute Gasteiger partial charge is 0.573 e. The van der Waals surface area contributed by atoms with Gasteiger partial charge in [0.15, 0.2) is 0 Å². The lowest BCUT2D eigenvalue weighted by molar-refractivity contribution is -0.274. The number of ether oxygens (including phenoxy) is 1. The average Bonchev–Trinajstić information content (AvgIpc) is 2.76. The summed E-state index contributed by atoms with van der Waals surface area (Å²) >= 11 is 0. The van der Waals surface area contributed by atoms with Crippen LogP contribution in [0, 0.1) is 0 Å². The molecule has 0 saturated carbocycles. The van der Waals surface area contributed by atoms with E-state index in [0.717, 1.165) is 17.0 Å². The van der Waals surface area contributed by atoms with Gasteiger partial charge in [0.25, 0.3) is 5.91 Å². The number of halogens is 3. The van der Waals surface area contributed by atoms with Gasteiger partial charge in [-0.25, -0.2) is 4.79 Å². The van der Waals surface area contributed by atoms with Crippen LogP contribution in [-0.2, 0) is 4.79 Å². The SMILES string of the molecule is O=C(c1cccc(OC(F)(F)F)c1)N1CC(N2C(=O)CNC2=O)C1. The van der Waals surface area contributed by atoms with Crippen molar-refractivity contribution in [1.29, 1.82) is 0 Å². The van der Waals surface area contributed by atoms with E-state index < -0.39 is 30.1 Å². The summed E-state index contributed by atoms with van der Waals surface area (Å²) in [5.41, 5.74) is 0.0346. The second kappa shape index (κ2) is 5.69. The van der Waals surface area contributed by atoms with Crippen molar-refractivity contribution < 1.29 is 32.3 Å². The lowest BCUT2D eigenvalue weighted by Gasteiger charge is -2.42. The number of imide groups is 1. The van der Waals surface area contributed by atoms with Gasteiger partial charge in [-0.05, 0) is 18.2 Å². The predicted molar refractivity (Wildman–Crippen MR) is 73.1 cm³/mol. The number of carbonyl (C=O) groups excluding carboxylic acids is 3. The zero-order valence-electron chi connectivity index (χ0n) is 12.2. The lowest BCUT2D eigenvalue weighted by atomic mass is 10.0. The summed E-state index contributed by atoms with van der Waals surface area (Å²) < 4.78 is 40.4. The monoisotopic (exact) mass is 343 g/mol. The number of amides is 4. The van der Waals surface area contributed by atoms with E-state index in [2.05, 4.69) is 10.1 Å². The van der Waals surface area contributed by atoms with Gasteiger partial charge in [-0.2, -0.15) is 0 Å². The van der Waals surface area contributed by atoms with Gasteiger partial charge in [0.05, 0.1) is 12.6 Å². The Kier molecular flexibility index (Phi) is 3.82. The highest BCUT2D eigenvalue weighted by atomic mass is 19.4. The van der Waals surface area contributed by atoms with Crippen molar-refractivity contribution in [2.24, 2.45) is 0 Å². The van der Waals surface area contributed by atoms with Crippen LogP contribution >= 0.6 is 0 Å². The first kappa shape index (κ1) is 16.1. The minimum atomic E-state index is -4.84. The molecule has 0 aliphatic carbocycles. The van der Waals surface area contributed by atoms with Crippen LogP contribution in [0.3, 0.4) is 0 Å². The molecule has 2 aliphatic rings. The molecule has 2 fully saturated rings. The number of urea groups is 1. The minimum Gasteiger partial charge on any atom is -0.406 e. The van der Waals surface area contributed by atoms with E-state index in [4.69, 9.17) is 0 Å². The quantitative estimate of drug-likeness (QED) is 0.830. The second-order valence-electron chi connectivity index (χ2n) is 5.36. The lowest BCUT2D eigenvalue weighted by Crippen LogP contribution is -2.62. The number of hydrogen-bond donors (Lipinski definition) is 1. The summed E-state index contributed by atoms with van der Waals surface area (Å²) in [5, 5.41) is 2.38. The zero-order valence-corrected chi connectivity index (χ0v) is 12.2. The first-order chi connectivity index (χ1) is 11.2. The zero-order chi connectivity index (χ0) is 17.5. The molecule has 7 nitrogen and oxygen atoms in total. The van der Waals surface area contributed by atoms with Crippen LogP contribution < -0.4 is 10.1 Å². The van der Waals surface area contributed by atoms with Gasteiger partial charge in [-0.15, -0.1) is 13.2 Å². The standard InChI is InChI=1S/C14H12F3N3O4/c15-14(16,17)24-10-3-1-2-8(4-10)12(22)19-6-9(7-19)20-11(21)5-18-13(20)23/h1-4,9H,5-7H2,(H,18,23). The molecule has 1 aromatic rings. The number of alkyl halides is 3. The van der Waals surface area contributed by atoms with Crippen molar-refractivity contribution >= 4 is 17.8 Å². The Balaban J connectivity index is 1.63. The van der Waals surface area contributed by atoms with Gasteiger partial charge >= 0.3 is 12.4 Å². The highest BCUT2D eigenvalue weighted by molar-refractivity contribution is 6.03. The molecule has 10 heteroatoms. The molecule has 4 amide bonds. The first-order valence-corrected chi connectivity index (χ1v) is 6.99. The number of hydrogen-bond acceptors (Lipinski definition) is 4. The Labute approximate surface area is 134 Å². The summed E-state index contributed by atoms with van der Waals surface area (Å²) in [6, 6.07) is 3.82. The van der Waals surface area contributed by atoms with Crippen LogP contribution in [0.5, 0.6) is 5.75 Å². The summed E-state index contributed by atoms with van der Waals surface area (Å²) in [4.78, 5) is 37.7. The molecule has 24 heavy (non-hydrogen) atoms. The van der Waals surface area contributed by atoms with Gasteiger partial charge in [0.1, 0.15) is 5.75 Å². The number of nitrogens with zero attached hydrogens (tertiary/aromatic N) is 2. The molecule has 2 aliphatic heterocycles. The molecular weight excluding hydrogens is 331 g/mol. The fraction of sp³-hybridized carbons (Fsp3) is 0.357. The Morgan fingerprint density at radius 1 is 1.25 bits per heavy atom. The van der Waals surface area contributed by atoms with E-state index in [1.165, 1.54) is 17.0 Å². The fourth-order valence-corrected chi connectivity index (χ4v) is 2.60. The van der Waals surface area contributed by atoms with Gasteiger partial charge in [-0.1, -0.05) is 6.07 Å². The Bertz CT molecular complexity index is 685. The summed E-state index contributed by atoms with van der Waals surface area (Å²) in [6.45, 7) is 0.213. The molecular formula is C14H12F3N3O4. The number of nitrogens with one attached hydrogen (secondary N) is 1. The van der Waals surface area contributed by atoms with Gasteiger partial charge in [0, 0.05) is 18.7 Å². The summed E-state index contributed by atoms with van der Waals surface area (Å²) in [7, 11) is 0. The van der Waals surface area contributed by atoms with Crippen LogP contribution in [0.25, 0.3) is 0 Å². The van der Waals surface area contributed by atoms with Crippen molar-refractivity contribution in [3.63, 3.8) is 0 Å². The summed E-state index contributed by atoms with van der Waals surface area (Å²) in [6.07, 6.45) is -4.84. The Morgan fingerprint density at radius 3 is 2.54 bits per heavy atom. The highest BCUT2D eigenvalue weighted by Gasteiger charge is 2.43. The maximum atomic E-state index is 12.3. The summed E-state index contributed by atoms with van der Waals surface area (Å²) in [5.74, 6) is -1.34. The molecule has 2 heterocycles. The molecule has 0 unspecified atom stereocenters. The van der Waals surface area contributed by atoms with Gasteiger partial charge in [0.2, 0.25) is 5.91 Å². The van der Waals surface area contributed by atoms with Crippen LogP contribution in [0.4, 0.5) is 18.0 Å². The maximum Gasteiger partial charge on any atom is 0.573 e. The number of benzene rings is 1. The number of likely N-dealkylation sites (tertiary alicyclic amines) is 1. The van der Waals surface area contributed by atoms with E-state index in [9.17, 15) is 27.6 Å². The number of carbonyl (C=O) groups is 3. The van der Waals surface area contributed by atoms with Crippen molar-refractivity contribution in [3.05, 3.63) is 29.8 Å². The van der Waals surface area contributed by atoms with Crippen LogP contribution in [0.2, 0.25) is 0 Å². The van der Waals surface area contributed by atoms with Crippen LogP contribution in [0.1, 0.15) is 10.4 Å². The van der Waals surface area contributed by atoms with Crippen LogP contribution in [0.15, 0.2) is 24.3 Å². The molecule has 0 atom stereocenters. The van der Waals surface area contributed by atoms with E-state index in [1.807, 2.05) is 0 Å². The molecule has 128 valence electrons. The molecule has 2 saturated heterocycles. The third-order valence-corrected chi connectivity index (χ3v) is 3.71. The van der Waals surface area contributed by atoms with Gasteiger partial charge in [-0.3, -0.25) is 14.5 Å². The molecule has 0 bridgehead atoms. The average molecular weight is 343 g/mol. The molecule has 1 N–H and O–H groups in total. The molecule has 1 aromatic carbocycles. The molecule has 0 spiro atoms. The molecule has 3 rings (SSSR count). The van der Waals surface area contributed by atoms with Crippen molar-refractivity contribution in [2.75, 3.05) is 19.6 Å². The van der Waals surface area contributed by atoms with Crippen molar-refractivity contribution in [3.8, 4) is 5.75 Å². The number of rotatable bonds is 3. The Hall–Kier alpha value is -2.78. The second-order valence-corrected chi connectivity index (χ2v) is 5.36. The van der Waals surface area contributed by atoms with Gasteiger partial charge < -0.3 is 15.0 Å². The highest BCUT2D eigenvalue weighted by Crippen LogP contribution is 2.25. The van der Waals surface area contributed by atoms with Crippen LogP contribution in [-0.4, -0.2) is 59.7 Å². The maximum absolute atomic E-state index is 12.3. The molecule has 0 aromatic heterocycles. The topological polar surface area (TPSA) is 79.0 Å². The smallest absolute Gasteiger partial charge is 0.406 e. The minimum absolute atomic E-state index is 0.0346. The Morgan fingerprint density at radius 2 is 1.96 bits per heavy atom. The first-order valence-electron chi connectivity index (χ1n) is 6.99. The van der Waals surface area contributed by atoms with Crippen molar-refractivity contribution in [2.45, 2.75) is 12.4 Å². The van der Waals surface area contributed by atoms with E-state index >= 15 is 0 Å². The van der Waals surface area contributed by atoms with E-state index in [-0.39, 0.29) is 31.1 Å².